The first-order chi connectivity index (χ1) is 16.0. The summed E-state index contributed by atoms with van der Waals surface area (Å²) in [7, 11) is 1.63. The van der Waals surface area contributed by atoms with Crippen LogP contribution >= 0.6 is 0 Å². The van der Waals surface area contributed by atoms with E-state index in [1.165, 1.54) is 0 Å². The molecular weight excluding hydrogens is 422 g/mol. The highest BCUT2D eigenvalue weighted by molar-refractivity contribution is 5.95. The van der Waals surface area contributed by atoms with E-state index in [-0.39, 0.29) is 11.9 Å². The fourth-order valence-corrected chi connectivity index (χ4v) is 4.18. The topological polar surface area (TPSA) is 90.2 Å². The van der Waals surface area contributed by atoms with E-state index >= 15 is 0 Å². The molecule has 9 heteroatoms. The highest BCUT2D eigenvalue weighted by Gasteiger charge is 2.25. The van der Waals surface area contributed by atoms with E-state index in [2.05, 4.69) is 20.3 Å². The monoisotopic (exact) mass is 453 g/mol. The standard InChI is InChI=1S/C24H31N5O4/c1-5-33-21-7-6-18(13-22(21)31-4)20(28-8-10-32-11-9-28)15-26-24(30)19-14-25-23-12-16(2)27-29(23)17(19)3/h6-7,12-14,20H,5,8-11,15H2,1-4H3,(H,26,30). The Morgan fingerprint density at radius 1 is 1.21 bits per heavy atom. The quantitative estimate of drug-likeness (QED) is 0.561. The van der Waals surface area contributed by atoms with Crippen LogP contribution in [0, 0.1) is 13.8 Å². The minimum absolute atomic E-state index is 0.0358. The highest BCUT2D eigenvalue weighted by atomic mass is 16.5. The number of nitrogens with one attached hydrogen (secondary N) is 1. The van der Waals surface area contributed by atoms with E-state index in [9.17, 15) is 4.79 Å². The van der Waals surface area contributed by atoms with Gasteiger partial charge in [0.2, 0.25) is 0 Å². The maximum atomic E-state index is 13.1. The van der Waals surface area contributed by atoms with Crippen LogP contribution in [-0.4, -0.2) is 72.0 Å². The number of nitrogens with zero attached hydrogens (tertiary/aromatic N) is 4. The lowest BCUT2D eigenvalue weighted by atomic mass is 10.0. The molecule has 0 saturated carbocycles. The molecule has 0 radical (unpaired) electrons. The fraction of sp³-hybridized carbons (Fsp3) is 0.458. The van der Waals surface area contributed by atoms with Crippen molar-refractivity contribution in [3.63, 3.8) is 0 Å². The van der Waals surface area contributed by atoms with Gasteiger partial charge in [0.05, 0.1) is 49.9 Å². The molecule has 3 aromatic rings. The van der Waals surface area contributed by atoms with Crippen LogP contribution in [0.25, 0.3) is 5.65 Å². The van der Waals surface area contributed by atoms with E-state index in [1.807, 2.05) is 45.0 Å². The Morgan fingerprint density at radius 2 is 2.00 bits per heavy atom. The molecule has 1 aliphatic heterocycles. The minimum atomic E-state index is -0.175. The Morgan fingerprint density at radius 3 is 2.73 bits per heavy atom. The molecule has 33 heavy (non-hydrogen) atoms. The van der Waals surface area contributed by atoms with Crippen LogP contribution in [0.1, 0.15) is 40.3 Å². The summed E-state index contributed by atoms with van der Waals surface area (Å²) in [4.78, 5) is 19.8. The predicted octanol–water partition coefficient (Wildman–Crippen LogP) is 2.56. The van der Waals surface area contributed by atoms with Gasteiger partial charge in [-0.3, -0.25) is 9.69 Å². The van der Waals surface area contributed by atoms with Crippen LogP contribution in [0.15, 0.2) is 30.5 Å². The average Bonchev–Trinajstić information content (AvgIpc) is 3.22. The van der Waals surface area contributed by atoms with Crippen LogP contribution in [0.4, 0.5) is 0 Å². The van der Waals surface area contributed by atoms with E-state index < -0.39 is 0 Å². The number of aryl methyl sites for hydroxylation is 2. The van der Waals surface area contributed by atoms with Crippen molar-refractivity contribution in [1.29, 1.82) is 0 Å². The van der Waals surface area contributed by atoms with Gasteiger partial charge in [-0.2, -0.15) is 5.10 Å². The smallest absolute Gasteiger partial charge is 0.254 e. The number of amides is 1. The van der Waals surface area contributed by atoms with E-state index in [0.29, 0.717) is 43.4 Å². The number of methoxy groups -OCH3 is 1. The van der Waals surface area contributed by atoms with Gasteiger partial charge in [0.1, 0.15) is 0 Å². The van der Waals surface area contributed by atoms with E-state index in [1.54, 1.807) is 17.8 Å². The highest BCUT2D eigenvalue weighted by Crippen LogP contribution is 2.32. The third-order valence-electron chi connectivity index (χ3n) is 5.91. The number of morpholine rings is 1. The van der Waals surface area contributed by atoms with Gasteiger partial charge in [0.25, 0.3) is 5.91 Å². The molecule has 3 heterocycles. The molecule has 1 aromatic carbocycles. The molecule has 0 bridgehead atoms. The summed E-state index contributed by atoms with van der Waals surface area (Å²) in [5.41, 5.74) is 3.91. The molecule has 0 aliphatic carbocycles. The van der Waals surface area contributed by atoms with Crippen LogP contribution < -0.4 is 14.8 Å². The maximum Gasteiger partial charge on any atom is 0.254 e. The third-order valence-corrected chi connectivity index (χ3v) is 5.91. The van der Waals surface area contributed by atoms with Crippen molar-refractivity contribution < 1.29 is 19.0 Å². The zero-order chi connectivity index (χ0) is 23.4. The number of aromatic nitrogens is 3. The van der Waals surface area contributed by atoms with Crippen molar-refractivity contribution in [2.75, 3.05) is 46.6 Å². The number of ether oxygens (including phenoxy) is 3. The zero-order valence-corrected chi connectivity index (χ0v) is 19.6. The minimum Gasteiger partial charge on any atom is -0.493 e. The molecule has 1 saturated heterocycles. The van der Waals surface area contributed by atoms with Crippen LogP contribution in [0.3, 0.4) is 0 Å². The van der Waals surface area contributed by atoms with Crippen molar-refractivity contribution in [2.24, 2.45) is 0 Å². The molecule has 1 fully saturated rings. The van der Waals surface area contributed by atoms with Crippen molar-refractivity contribution in [2.45, 2.75) is 26.8 Å². The Hall–Kier alpha value is -3.17. The van der Waals surface area contributed by atoms with Crippen molar-refractivity contribution in [3.8, 4) is 11.5 Å². The lowest BCUT2D eigenvalue weighted by molar-refractivity contribution is 0.0162. The number of rotatable bonds is 8. The van der Waals surface area contributed by atoms with Gasteiger partial charge >= 0.3 is 0 Å². The lowest BCUT2D eigenvalue weighted by Gasteiger charge is -2.35. The summed E-state index contributed by atoms with van der Waals surface area (Å²) in [6.45, 7) is 9.63. The SMILES string of the molecule is CCOc1ccc(C(CNC(=O)c2cnc3cc(C)nn3c2C)N2CCOCC2)cc1OC. The Labute approximate surface area is 193 Å². The van der Waals surface area contributed by atoms with Gasteiger partial charge < -0.3 is 19.5 Å². The van der Waals surface area contributed by atoms with Gasteiger partial charge in [0, 0.05) is 31.9 Å². The Balaban J connectivity index is 1.57. The first kappa shape index (κ1) is 23.0. The second kappa shape index (κ2) is 10.2. The molecule has 1 aliphatic rings. The van der Waals surface area contributed by atoms with Crippen molar-refractivity contribution >= 4 is 11.6 Å². The molecule has 2 aromatic heterocycles. The number of fused-ring (bicyclic) bond motifs is 1. The largest absolute Gasteiger partial charge is 0.493 e. The van der Waals surface area contributed by atoms with Gasteiger partial charge in [-0.15, -0.1) is 0 Å². The van der Waals surface area contributed by atoms with E-state index in [4.69, 9.17) is 14.2 Å². The molecule has 9 nitrogen and oxygen atoms in total. The van der Waals surface area contributed by atoms with Gasteiger partial charge in [-0.25, -0.2) is 9.50 Å². The number of carbonyl (C=O) groups is 1. The summed E-state index contributed by atoms with van der Waals surface area (Å²) in [6.07, 6.45) is 1.62. The second-order valence-corrected chi connectivity index (χ2v) is 8.03. The number of benzene rings is 1. The van der Waals surface area contributed by atoms with Crippen LogP contribution in [0.2, 0.25) is 0 Å². The van der Waals surface area contributed by atoms with Crippen LogP contribution in [-0.2, 0) is 4.74 Å². The van der Waals surface area contributed by atoms with Gasteiger partial charge in [0.15, 0.2) is 17.1 Å². The number of hydrogen-bond donors (Lipinski definition) is 1. The molecular formula is C24H31N5O4. The molecule has 1 amide bonds. The van der Waals surface area contributed by atoms with Crippen molar-refractivity contribution in [1.82, 2.24) is 24.8 Å². The first-order valence-electron chi connectivity index (χ1n) is 11.2. The number of hydrogen-bond acceptors (Lipinski definition) is 7. The predicted molar refractivity (Wildman–Crippen MR) is 124 cm³/mol. The van der Waals surface area contributed by atoms with Gasteiger partial charge in [-0.1, -0.05) is 6.07 Å². The molecule has 4 rings (SSSR count). The third kappa shape index (κ3) is 4.94. The normalized spacial score (nSPS) is 15.4. The summed E-state index contributed by atoms with van der Waals surface area (Å²) < 4.78 is 18.5. The molecule has 1 atom stereocenters. The summed E-state index contributed by atoms with van der Waals surface area (Å²) in [5, 5.41) is 7.55. The number of carbonyl (C=O) groups excluding carboxylic acids is 1. The maximum absolute atomic E-state index is 13.1. The fourth-order valence-electron chi connectivity index (χ4n) is 4.18. The molecule has 176 valence electrons. The lowest BCUT2D eigenvalue weighted by Crippen LogP contribution is -2.44. The van der Waals surface area contributed by atoms with Crippen molar-refractivity contribution in [3.05, 3.63) is 53.0 Å². The second-order valence-electron chi connectivity index (χ2n) is 8.03. The van der Waals surface area contributed by atoms with Gasteiger partial charge in [-0.05, 0) is 38.5 Å². The first-order valence-corrected chi connectivity index (χ1v) is 11.2. The molecule has 0 spiro atoms. The molecule has 1 N–H and O–H groups in total. The van der Waals surface area contributed by atoms with Crippen LogP contribution in [0.5, 0.6) is 11.5 Å². The summed E-state index contributed by atoms with van der Waals surface area (Å²) in [5.74, 6) is 1.21. The Bertz CT molecular complexity index is 1120. The summed E-state index contributed by atoms with van der Waals surface area (Å²) in [6, 6.07) is 7.80. The van der Waals surface area contributed by atoms with E-state index in [0.717, 1.165) is 35.7 Å². The summed E-state index contributed by atoms with van der Waals surface area (Å²) >= 11 is 0. The Kier molecular flexibility index (Phi) is 7.10. The molecule has 1 unspecified atom stereocenters. The zero-order valence-electron chi connectivity index (χ0n) is 19.6. The average molecular weight is 454 g/mol.